The van der Waals surface area contributed by atoms with Crippen molar-refractivity contribution >= 4 is 28.3 Å². The second-order valence-corrected chi connectivity index (χ2v) is 7.53. The van der Waals surface area contributed by atoms with Crippen LogP contribution in [0.2, 0.25) is 5.02 Å². The Morgan fingerprint density at radius 1 is 1.15 bits per heavy atom. The fourth-order valence-corrected chi connectivity index (χ4v) is 3.91. The first-order valence-corrected chi connectivity index (χ1v) is 9.74. The van der Waals surface area contributed by atoms with E-state index in [2.05, 4.69) is 38.8 Å². The van der Waals surface area contributed by atoms with Crippen LogP contribution in [0.4, 0.5) is 5.82 Å². The number of nitrogens with zero attached hydrogens (tertiary/aromatic N) is 2. The molecule has 2 aromatic carbocycles. The summed E-state index contributed by atoms with van der Waals surface area (Å²) in [5, 5.41) is 8.46. The van der Waals surface area contributed by atoms with E-state index in [0.717, 1.165) is 54.0 Å². The Kier molecular flexibility index (Phi) is 5.25. The number of nitrogens with two attached hydrogens (primary N) is 1. The van der Waals surface area contributed by atoms with Gasteiger partial charge in [-0.15, -0.1) is 0 Å². The summed E-state index contributed by atoms with van der Waals surface area (Å²) in [7, 11) is 0. The minimum Gasteiger partial charge on any atom is -0.350 e. The molecular weight excluding hydrogens is 358 g/mol. The van der Waals surface area contributed by atoms with Crippen molar-refractivity contribution in [2.75, 3.05) is 18.4 Å². The van der Waals surface area contributed by atoms with E-state index in [0.29, 0.717) is 10.9 Å². The number of nitrogens with one attached hydrogen (secondary N) is 2. The molecule has 1 saturated heterocycles. The molecule has 140 valence electrons. The molecular formula is C21H24ClN5. The van der Waals surface area contributed by atoms with E-state index < -0.39 is 6.17 Å². The number of hydrogen-bond donors (Lipinski definition) is 3. The van der Waals surface area contributed by atoms with Gasteiger partial charge < -0.3 is 16.4 Å². The fourth-order valence-electron chi connectivity index (χ4n) is 3.71. The summed E-state index contributed by atoms with van der Waals surface area (Å²) in [6, 6.07) is 14.1. The van der Waals surface area contributed by atoms with E-state index in [1.807, 2.05) is 31.2 Å². The molecule has 3 aromatic rings. The van der Waals surface area contributed by atoms with E-state index in [-0.39, 0.29) is 0 Å². The predicted octanol–water partition coefficient (Wildman–Crippen LogP) is 4.13. The van der Waals surface area contributed by atoms with Gasteiger partial charge in [0.2, 0.25) is 0 Å². The third kappa shape index (κ3) is 4.05. The lowest BCUT2D eigenvalue weighted by molar-refractivity contribution is 0.460. The lowest BCUT2D eigenvalue weighted by Crippen LogP contribution is -2.26. The molecule has 2 heterocycles. The van der Waals surface area contributed by atoms with Crippen LogP contribution in [0.15, 0.2) is 42.5 Å². The Bertz CT molecular complexity index is 952. The van der Waals surface area contributed by atoms with Crippen molar-refractivity contribution in [2.45, 2.75) is 31.8 Å². The number of benzene rings is 2. The van der Waals surface area contributed by atoms with Crippen molar-refractivity contribution in [2.24, 2.45) is 5.73 Å². The molecule has 6 heteroatoms. The molecule has 5 nitrogen and oxygen atoms in total. The maximum Gasteiger partial charge on any atom is 0.139 e. The Morgan fingerprint density at radius 2 is 1.96 bits per heavy atom. The maximum atomic E-state index is 6.38. The Labute approximate surface area is 164 Å². The molecule has 4 rings (SSSR count). The molecule has 1 aromatic heterocycles. The largest absolute Gasteiger partial charge is 0.350 e. The van der Waals surface area contributed by atoms with Gasteiger partial charge in [0.1, 0.15) is 17.8 Å². The summed E-state index contributed by atoms with van der Waals surface area (Å²) in [4.78, 5) is 9.22. The number of piperidine rings is 1. The minimum atomic E-state index is -0.399. The van der Waals surface area contributed by atoms with Gasteiger partial charge in [-0.25, -0.2) is 9.97 Å². The first-order valence-electron chi connectivity index (χ1n) is 9.37. The molecule has 1 atom stereocenters. The molecule has 1 aliphatic heterocycles. The third-order valence-corrected chi connectivity index (χ3v) is 5.38. The zero-order chi connectivity index (χ0) is 18.8. The van der Waals surface area contributed by atoms with E-state index in [4.69, 9.17) is 17.3 Å². The summed E-state index contributed by atoms with van der Waals surface area (Å²) in [6.45, 7) is 4.03. The van der Waals surface area contributed by atoms with E-state index >= 15 is 0 Å². The standard InChI is InChI=1S/C21H24ClN5/c1-13-25-19-6-5-15(14-7-9-24-10-8-14)12-18(19)21(26-13)27-20(23)16-3-2-4-17(22)11-16/h2-6,11-12,14,20,24H,7-10,23H2,1H3,(H,25,26,27). The van der Waals surface area contributed by atoms with E-state index in [1.165, 1.54) is 5.56 Å². The maximum absolute atomic E-state index is 6.38. The van der Waals surface area contributed by atoms with Crippen molar-refractivity contribution in [3.05, 3.63) is 64.4 Å². The lowest BCUT2D eigenvalue weighted by Gasteiger charge is -2.23. The van der Waals surface area contributed by atoms with Crippen LogP contribution in [-0.2, 0) is 0 Å². The van der Waals surface area contributed by atoms with Gasteiger partial charge in [-0.2, -0.15) is 0 Å². The first-order chi connectivity index (χ1) is 13.1. The predicted molar refractivity (Wildman–Crippen MR) is 111 cm³/mol. The molecule has 1 fully saturated rings. The van der Waals surface area contributed by atoms with Gasteiger partial charge in [0.05, 0.1) is 5.52 Å². The van der Waals surface area contributed by atoms with Gasteiger partial charge in [0, 0.05) is 10.4 Å². The number of hydrogen-bond acceptors (Lipinski definition) is 5. The normalized spacial score (nSPS) is 16.4. The molecule has 0 saturated carbocycles. The zero-order valence-electron chi connectivity index (χ0n) is 15.4. The van der Waals surface area contributed by atoms with E-state index in [9.17, 15) is 0 Å². The van der Waals surface area contributed by atoms with Crippen molar-refractivity contribution in [3.63, 3.8) is 0 Å². The quantitative estimate of drug-likeness (QED) is 0.592. The summed E-state index contributed by atoms with van der Waals surface area (Å²) in [6.07, 6.45) is 1.91. The number of anilines is 1. The summed E-state index contributed by atoms with van der Waals surface area (Å²) in [5.41, 5.74) is 9.57. The number of aryl methyl sites for hydroxylation is 1. The molecule has 4 N–H and O–H groups in total. The fraction of sp³-hybridized carbons (Fsp3) is 0.333. The highest BCUT2D eigenvalue weighted by Gasteiger charge is 2.17. The molecule has 0 aliphatic carbocycles. The highest BCUT2D eigenvalue weighted by Crippen LogP contribution is 2.31. The molecule has 1 aliphatic rings. The Morgan fingerprint density at radius 3 is 2.74 bits per heavy atom. The third-order valence-electron chi connectivity index (χ3n) is 5.14. The molecule has 0 spiro atoms. The molecule has 27 heavy (non-hydrogen) atoms. The minimum absolute atomic E-state index is 0.399. The van der Waals surface area contributed by atoms with Crippen molar-refractivity contribution in [3.8, 4) is 0 Å². The van der Waals surface area contributed by atoms with Crippen LogP contribution in [0.3, 0.4) is 0 Å². The average Bonchev–Trinajstić information content (AvgIpc) is 2.68. The topological polar surface area (TPSA) is 75.9 Å². The van der Waals surface area contributed by atoms with Gasteiger partial charge in [-0.1, -0.05) is 29.8 Å². The van der Waals surface area contributed by atoms with Crippen LogP contribution in [0.25, 0.3) is 10.9 Å². The molecule has 1 unspecified atom stereocenters. The van der Waals surface area contributed by atoms with Gasteiger partial charge in [0.15, 0.2) is 0 Å². The first kappa shape index (κ1) is 18.2. The average molecular weight is 382 g/mol. The Hall–Kier alpha value is -2.21. The summed E-state index contributed by atoms with van der Waals surface area (Å²) >= 11 is 6.10. The summed E-state index contributed by atoms with van der Waals surface area (Å²) in [5.74, 6) is 2.06. The zero-order valence-corrected chi connectivity index (χ0v) is 16.1. The second kappa shape index (κ2) is 7.80. The monoisotopic (exact) mass is 381 g/mol. The summed E-state index contributed by atoms with van der Waals surface area (Å²) < 4.78 is 0. The number of rotatable bonds is 4. The van der Waals surface area contributed by atoms with Gasteiger partial charge in [-0.3, -0.25) is 0 Å². The van der Waals surface area contributed by atoms with Gasteiger partial charge in [-0.05, 0) is 74.2 Å². The van der Waals surface area contributed by atoms with Crippen molar-refractivity contribution in [1.82, 2.24) is 15.3 Å². The highest BCUT2D eigenvalue weighted by atomic mass is 35.5. The molecule has 0 amide bonds. The van der Waals surface area contributed by atoms with Crippen LogP contribution in [0.5, 0.6) is 0 Å². The van der Waals surface area contributed by atoms with Crippen LogP contribution >= 0.6 is 11.6 Å². The SMILES string of the molecule is Cc1nc(NC(N)c2cccc(Cl)c2)c2cc(C3CCNCC3)ccc2n1. The van der Waals surface area contributed by atoms with Gasteiger partial charge in [0.25, 0.3) is 0 Å². The number of fused-ring (bicyclic) bond motifs is 1. The smallest absolute Gasteiger partial charge is 0.139 e. The van der Waals surface area contributed by atoms with Crippen LogP contribution in [-0.4, -0.2) is 23.1 Å². The van der Waals surface area contributed by atoms with Crippen molar-refractivity contribution in [1.29, 1.82) is 0 Å². The van der Waals surface area contributed by atoms with Gasteiger partial charge >= 0.3 is 0 Å². The van der Waals surface area contributed by atoms with Crippen LogP contribution in [0.1, 0.15) is 41.9 Å². The highest BCUT2D eigenvalue weighted by molar-refractivity contribution is 6.30. The Balaban J connectivity index is 1.69. The van der Waals surface area contributed by atoms with Crippen molar-refractivity contribution < 1.29 is 0 Å². The van der Waals surface area contributed by atoms with E-state index in [1.54, 1.807) is 0 Å². The number of halogens is 1. The molecule has 0 bridgehead atoms. The molecule has 0 radical (unpaired) electrons. The van der Waals surface area contributed by atoms with Crippen LogP contribution < -0.4 is 16.4 Å². The lowest BCUT2D eigenvalue weighted by atomic mass is 9.89. The second-order valence-electron chi connectivity index (χ2n) is 7.10. The number of aromatic nitrogens is 2. The van der Waals surface area contributed by atoms with Crippen LogP contribution in [0, 0.1) is 6.92 Å².